The van der Waals surface area contributed by atoms with Crippen LogP contribution in [0.5, 0.6) is 0 Å². The van der Waals surface area contributed by atoms with E-state index in [9.17, 15) is 0 Å². The Bertz CT molecular complexity index is 110. The van der Waals surface area contributed by atoms with Gasteiger partial charge in [-0.05, 0) is 31.9 Å². The van der Waals surface area contributed by atoms with E-state index in [4.69, 9.17) is 0 Å². The minimum atomic E-state index is -0.595. The SMILES string of the molecule is CS1(Br)C=CC=C1. The number of hydrogen-bond acceptors (Lipinski definition) is 0. The Labute approximate surface area is 52.8 Å². The first kappa shape index (κ1) is 5.45. The monoisotopic (exact) mass is 178 g/mol. The number of rotatable bonds is 0. The zero-order valence-electron chi connectivity index (χ0n) is 4.10. The molecule has 1 rings (SSSR count). The van der Waals surface area contributed by atoms with Crippen LogP contribution in [0.4, 0.5) is 0 Å². The molecule has 0 atom stereocenters. The maximum Gasteiger partial charge on any atom is -0.0182 e. The van der Waals surface area contributed by atoms with Crippen molar-refractivity contribution in [3.05, 3.63) is 23.0 Å². The van der Waals surface area contributed by atoms with E-state index >= 15 is 0 Å². The number of halogens is 1. The molecular formula is C5H7BrS. The second kappa shape index (κ2) is 1.67. The van der Waals surface area contributed by atoms with Gasteiger partial charge in [0.05, 0.1) is 0 Å². The molecule has 0 fully saturated rings. The average Bonchev–Trinajstić information content (AvgIpc) is 1.84. The fraction of sp³-hybridized carbons (Fsp3) is 0.200. The summed E-state index contributed by atoms with van der Waals surface area (Å²) in [7, 11) is -0.595. The smallest absolute Gasteiger partial charge is 0.0182 e. The maximum absolute atomic E-state index is 3.55. The van der Waals surface area contributed by atoms with E-state index in [1.54, 1.807) is 0 Å². The van der Waals surface area contributed by atoms with Crippen LogP contribution in [0.25, 0.3) is 0 Å². The molecule has 40 valence electrons. The molecule has 2 heteroatoms. The lowest BCUT2D eigenvalue weighted by atomic mass is 10.6. The van der Waals surface area contributed by atoms with Gasteiger partial charge in [0.25, 0.3) is 0 Å². The Hall–Kier alpha value is 0.310. The zero-order chi connectivity index (χ0) is 5.33. The van der Waals surface area contributed by atoms with E-state index in [1.807, 2.05) is 0 Å². The van der Waals surface area contributed by atoms with Gasteiger partial charge in [-0.15, -0.1) is 8.46 Å². The van der Waals surface area contributed by atoms with Gasteiger partial charge in [-0.25, -0.2) is 0 Å². The highest BCUT2D eigenvalue weighted by Gasteiger charge is 2.05. The Morgan fingerprint density at radius 2 is 1.71 bits per heavy atom. The normalized spacial score (nSPS) is 28.3. The van der Waals surface area contributed by atoms with Crippen molar-refractivity contribution in [2.24, 2.45) is 0 Å². The van der Waals surface area contributed by atoms with E-state index in [1.165, 1.54) is 0 Å². The predicted molar refractivity (Wildman–Crippen MR) is 40.7 cm³/mol. The van der Waals surface area contributed by atoms with Gasteiger partial charge >= 0.3 is 0 Å². The van der Waals surface area contributed by atoms with Gasteiger partial charge in [0.2, 0.25) is 0 Å². The molecule has 0 aromatic heterocycles. The molecule has 1 aliphatic rings. The Kier molecular flexibility index (Phi) is 1.30. The third-order valence-electron chi connectivity index (χ3n) is 0.800. The molecule has 0 spiro atoms. The van der Waals surface area contributed by atoms with Gasteiger partial charge < -0.3 is 0 Å². The fourth-order valence-electron chi connectivity index (χ4n) is 0.443. The van der Waals surface area contributed by atoms with Crippen LogP contribution in [-0.4, -0.2) is 6.26 Å². The second-order valence-corrected chi connectivity index (χ2v) is 8.21. The Morgan fingerprint density at radius 1 is 1.29 bits per heavy atom. The summed E-state index contributed by atoms with van der Waals surface area (Å²) in [5, 5.41) is 4.38. The lowest BCUT2D eigenvalue weighted by molar-refractivity contribution is 2.15. The average molecular weight is 179 g/mol. The van der Waals surface area contributed by atoms with Crippen molar-refractivity contribution in [3.8, 4) is 0 Å². The van der Waals surface area contributed by atoms with Gasteiger partial charge in [0.15, 0.2) is 0 Å². The third-order valence-corrected chi connectivity index (χ3v) is 3.47. The van der Waals surface area contributed by atoms with Gasteiger partial charge in [-0.3, -0.25) is 0 Å². The Balaban J connectivity index is 2.77. The quantitative estimate of drug-likeness (QED) is 0.536. The zero-order valence-corrected chi connectivity index (χ0v) is 6.50. The minimum absolute atomic E-state index is 0.595. The summed E-state index contributed by atoms with van der Waals surface area (Å²) >= 11 is 3.55. The molecule has 0 amide bonds. The molecule has 0 aromatic carbocycles. The van der Waals surface area contributed by atoms with E-state index < -0.39 is 8.46 Å². The van der Waals surface area contributed by atoms with E-state index in [0.717, 1.165) is 0 Å². The molecule has 0 bridgehead atoms. The van der Waals surface area contributed by atoms with Crippen molar-refractivity contribution in [3.63, 3.8) is 0 Å². The second-order valence-electron chi connectivity index (χ2n) is 1.60. The first-order valence-corrected chi connectivity index (χ1v) is 6.04. The molecule has 7 heavy (non-hydrogen) atoms. The van der Waals surface area contributed by atoms with Crippen molar-refractivity contribution < 1.29 is 0 Å². The first-order valence-electron chi connectivity index (χ1n) is 2.03. The molecule has 0 saturated carbocycles. The lowest BCUT2D eigenvalue weighted by Gasteiger charge is -2.13. The highest BCUT2D eigenvalue weighted by molar-refractivity contribution is 9.59. The van der Waals surface area contributed by atoms with Crippen molar-refractivity contribution in [2.45, 2.75) is 0 Å². The summed E-state index contributed by atoms with van der Waals surface area (Å²) in [5.41, 5.74) is 0. The molecule has 0 aromatic rings. The van der Waals surface area contributed by atoms with Crippen molar-refractivity contribution in [1.29, 1.82) is 0 Å². The molecule has 1 heterocycles. The third kappa shape index (κ3) is 1.35. The van der Waals surface area contributed by atoms with E-state index in [-0.39, 0.29) is 0 Å². The summed E-state index contributed by atoms with van der Waals surface area (Å²) in [6.45, 7) is 0. The lowest BCUT2D eigenvalue weighted by Crippen LogP contribution is -1.66. The van der Waals surface area contributed by atoms with Crippen LogP contribution in [-0.2, 0) is 0 Å². The summed E-state index contributed by atoms with van der Waals surface area (Å²) in [6.07, 6.45) is 6.33. The molecule has 1 aliphatic heterocycles. The van der Waals surface area contributed by atoms with Gasteiger partial charge in [-0.1, -0.05) is 12.2 Å². The van der Waals surface area contributed by atoms with E-state index in [0.29, 0.717) is 0 Å². The molecule has 0 N–H and O–H groups in total. The number of hydrogen-bond donors (Lipinski definition) is 0. The predicted octanol–water partition coefficient (Wildman–Crippen LogP) is 2.77. The summed E-state index contributed by atoms with van der Waals surface area (Å²) in [6, 6.07) is 0. The molecule has 0 aliphatic carbocycles. The maximum atomic E-state index is 3.55. The van der Waals surface area contributed by atoms with Crippen LogP contribution < -0.4 is 0 Å². The molecule has 0 unspecified atom stereocenters. The van der Waals surface area contributed by atoms with Gasteiger partial charge in [0.1, 0.15) is 0 Å². The standard InChI is InChI=1S/C5H7BrS/c1-7(6)4-2-3-5-7/h2-5H,1H3. The van der Waals surface area contributed by atoms with Gasteiger partial charge in [-0.2, -0.15) is 0 Å². The molecule has 0 nitrogen and oxygen atoms in total. The topological polar surface area (TPSA) is 0 Å². The van der Waals surface area contributed by atoms with E-state index in [2.05, 4.69) is 44.0 Å². The highest BCUT2D eigenvalue weighted by atomic mass is 79.9. The van der Waals surface area contributed by atoms with Crippen LogP contribution in [0, 0.1) is 0 Å². The minimum Gasteiger partial charge on any atom is -0.145 e. The van der Waals surface area contributed by atoms with Crippen LogP contribution in [0.3, 0.4) is 0 Å². The van der Waals surface area contributed by atoms with Crippen molar-refractivity contribution in [1.82, 2.24) is 0 Å². The van der Waals surface area contributed by atoms with Crippen molar-refractivity contribution in [2.75, 3.05) is 6.26 Å². The Morgan fingerprint density at radius 3 is 1.86 bits per heavy atom. The highest BCUT2D eigenvalue weighted by Crippen LogP contribution is 2.57. The fourth-order valence-corrected chi connectivity index (χ4v) is 2.08. The summed E-state index contributed by atoms with van der Waals surface area (Å²) in [5.74, 6) is 0. The van der Waals surface area contributed by atoms with Crippen LogP contribution in [0.2, 0.25) is 0 Å². The molecule has 0 saturated heterocycles. The summed E-state index contributed by atoms with van der Waals surface area (Å²) in [4.78, 5) is 0. The van der Waals surface area contributed by atoms with Crippen molar-refractivity contribution >= 4 is 23.3 Å². The summed E-state index contributed by atoms with van der Waals surface area (Å²) < 4.78 is 0. The molecular weight excluding hydrogens is 172 g/mol. The van der Waals surface area contributed by atoms with Crippen LogP contribution >= 0.6 is 23.3 Å². The first-order chi connectivity index (χ1) is 3.21. The van der Waals surface area contributed by atoms with Gasteiger partial charge in [0, 0.05) is 0 Å². The van der Waals surface area contributed by atoms with Crippen LogP contribution in [0.15, 0.2) is 23.0 Å². The molecule has 0 radical (unpaired) electrons. The largest absolute Gasteiger partial charge is 0.145 e. The van der Waals surface area contributed by atoms with Crippen LogP contribution in [0.1, 0.15) is 0 Å². The number of allylic oxidation sites excluding steroid dienone is 2.